The van der Waals surface area contributed by atoms with E-state index in [-0.39, 0.29) is 23.9 Å². The van der Waals surface area contributed by atoms with Gasteiger partial charge in [0.05, 0.1) is 19.1 Å². The first-order valence-electron chi connectivity index (χ1n) is 7.58. The van der Waals surface area contributed by atoms with Crippen LogP contribution in [0.4, 0.5) is 0 Å². The summed E-state index contributed by atoms with van der Waals surface area (Å²) in [5, 5.41) is 3.44. The van der Waals surface area contributed by atoms with Crippen LogP contribution in [0.5, 0.6) is 0 Å². The van der Waals surface area contributed by atoms with Crippen LogP contribution in [-0.4, -0.2) is 49.2 Å². The Labute approximate surface area is 117 Å². The van der Waals surface area contributed by atoms with E-state index in [1.54, 1.807) is 0 Å². The summed E-state index contributed by atoms with van der Waals surface area (Å²) in [6.45, 7) is 13.6. The molecule has 1 aliphatic rings. The average Bonchev–Trinajstić information content (AvgIpc) is 2.80. The van der Waals surface area contributed by atoms with Crippen molar-refractivity contribution in [2.24, 2.45) is 11.8 Å². The van der Waals surface area contributed by atoms with Crippen molar-refractivity contribution < 1.29 is 9.53 Å². The second-order valence-corrected chi connectivity index (χ2v) is 6.18. The SMILES string of the molecule is CCCNC1COCC1C(=O)N(CC(C)C)C(C)C. The maximum atomic E-state index is 12.7. The molecule has 112 valence electrons. The summed E-state index contributed by atoms with van der Waals surface area (Å²) in [5.41, 5.74) is 0. The van der Waals surface area contributed by atoms with Crippen molar-refractivity contribution in [2.75, 3.05) is 26.3 Å². The topological polar surface area (TPSA) is 41.6 Å². The quantitative estimate of drug-likeness (QED) is 0.768. The van der Waals surface area contributed by atoms with Gasteiger partial charge in [-0.05, 0) is 32.7 Å². The molecule has 0 spiro atoms. The zero-order chi connectivity index (χ0) is 14.4. The highest BCUT2D eigenvalue weighted by Gasteiger charge is 2.36. The molecule has 4 nitrogen and oxygen atoms in total. The zero-order valence-corrected chi connectivity index (χ0v) is 13.1. The molecule has 2 atom stereocenters. The van der Waals surface area contributed by atoms with E-state index in [0.29, 0.717) is 19.1 Å². The van der Waals surface area contributed by atoms with Gasteiger partial charge in [0.1, 0.15) is 0 Å². The van der Waals surface area contributed by atoms with E-state index < -0.39 is 0 Å². The molecule has 1 fully saturated rings. The molecule has 0 bridgehead atoms. The van der Waals surface area contributed by atoms with Crippen molar-refractivity contribution in [1.82, 2.24) is 10.2 Å². The largest absolute Gasteiger partial charge is 0.379 e. The highest BCUT2D eigenvalue weighted by molar-refractivity contribution is 5.80. The van der Waals surface area contributed by atoms with Crippen LogP contribution in [0, 0.1) is 11.8 Å². The number of hydrogen-bond acceptors (Lipinski definition) is 3. The van der Waals surface area contributed by atoms with E-state index in [4.69, 9.17) is 4.74 Å². The molecule has 1 heterocycles. The van der Waals surface area contributed by atoms with Crippen molar-refractivity contribution in [2.45, 2.75) is 53.1 Å². The van der Waals surface area contributed by atoms with Gasteiger partial charge in [0.25, 0.3) is 0 Å². The smallest absolute Gasteiger partial charge is 0.229 e. The average molecular weight is 270 g/mol. The van der Waals surface area contributed by atoms with Gasteiger partial charge in [-0.25, -0.2) is 0 Å². The van der Waals surface area contributed by atoms with Crippen LogP contribution in [0.1, 0.15) is 41.0 Å². The predicted molar refractivity (Wildman–Crippen MR) is 78.1 cm³/mol. The molecule has 1 saturated heterocycles. The lowest BCUT2D eigenvalue weighted by atomic mass is 10.00. The maximum absolute atomic E-state index is 12.7. The number of hydrogen-bond donors (Lipinski definition) is 1. The Bertz CT molecular complexity index is 279. The molecule has 0 aromatic rings. The molecule has 0 aromatic heterocycles. The number of nitrogens with zero attached hydrogens (tertiary/aromatic N) is 1. The fraction of sp³-hybridized carbons (Fsp3) is 0.933. The van der Waals surface area contributed by atoms with E-state index in [2.05, 4.69) is 39.9 Å². The summed E-state index contributed by atoms with van der Waals surface area (Å²) >= 11 is 0. The summed E-state index contributed by atoms with van der Waals surface area (Å²) < 4.78 is 5.51. The first kappa shape index (κ1) is 16.4. The van der Waals surface area contributed by atoms with Crippen molar-refractivity contribution in [3.63, 3.8) is 0 Å². The van der Waals surface area contributed by atoms with E-state index in [1.165, 1.54) is 0 Å². The minimum absolute atomic E-state index is 0.0206. The second kappa shape index (κ2) is 7.85. The Hall–Kier alpha value is -0.610. The molecular formula is C15H30N2O2. The van der Waals surface area contributed by atoms with Crippen LogP contribution >= 0.6 is 0 Å². The van der Waals surface area contributed by atoms with Crippen LogP contribution < -0.4 is 5.32 Å². The van der Waals surface area contributed by atoms with Crippen molar-refractivity contribution in [3.8, 4) is 0 Å². The number of ether oxygens (including phenoxy) is 1. The lowest BCUT2D eigenvalue weighted by Crippen LogP contribution is -2.49. The molecule has 0 aliphatic carbocycles. The lowest BCUT2D eigenvalue weighted by Gasteiger charge is -2.32. The van der Waals surface area contributed by atoms with E-state index in [1.807, 2.05) is 4.90 Å². The summed E-state index contributed by atoms with van der Waals surface area (Å²) in [7, 11) is 0. The van der Waals surface area contributed by atoms with Gasteiger partial charge < -0.3 is 15.0 Å². The fourth-order valence-corrected chi connectivity index (χ4v) is 2.49. The third-order valence-corrected chi connectivity index (χ3v) is 3.52. The number of carbonyl (C=O) groups excluding carboxylic acids is 1. The van der Waals surface area contributed by atoms with Crippen molar-refractivity contribution in [3.05, 3.63) is 0 Å². The van der Waals surface area contributed by atoms with E-state index in [9.17, 15) is 4.79 Å². The van der Waals surface area contributed by atoms with Gasteiger partial charge in [0.15, 0.2) is 0 Å². The van der Waals surface area contributed by atoms with Crippen LogP contribution in [0.3, 0.4) is 0 Å². The third kappa shape index (κ3) is 4.77. The Morgan fingerprint density at radius 3 is 2.53 bits per heavy atom. The molecule has 1 N–H and O–H groups in total. The molecule has 19 heavy (non-hydrogen) atoms. The molecule has 1 rings (SSSR count). The lowest BCUT2D eigenvalue weighted by molar-refractivity contribution is -0.138. The summed E-state index contributed by atoms with van der Waals surface area (Å²) in [4.78, 5) is 14.7. The minimum Gasteiger partial charge on any atom is -0.379 e. The Balaban J connectivity index is 2.66. The minimum atomic E-state index is -0.0206. The van der Waals surface area contributed by atoms with E-state index in [0.717, 1.165) is 19.5 Å². The molecule has 1 aliphatic heterocycles. The fourth-order valence-electron chi connectivity index (χ4n) is 2.49. The van der Waals surface area contributed by atoms with E-state index >= 15 is 0 Å². The predicted octanol–water partition coefficient (Wildman–Crippen LogP) is 1.89. The van der Waals surface area contributed by atoms with Crippen molar-refractivity contribution in [1.29, 1.82) is 0 Å². The van der Waals surface area contributed by atoms with Crippen molar-refractivity contribution >= 4 is 5.91 Å². The number of amides is 1. The number of rotatable bonds is 7. The molecule has 0 aromatic carbocycles. The molecule has 1 amide bonds. The monoisotopic (exact) mass is 270 g/mol. The Morgan fingerprint density at radius 1 is 1.32 bits per heavy atom. The first-order valence-corrected chi connectivity index (χ1v) is 7.58. The number of nitrogens with one attached hydrogen (secondary N) is 1. The number of carbonyl (C=O) groups is 1. The highest BCUT2D eigenvalue weighted by Crippen LogP contribution is 2.19. The summed E-state index contributed by atoms with van der Waals surface area (Å²) in [6.07, 6.45) is 1.08. The maximum Gasteiger partial charge on any atom is 0.229 e. The van der Waals surface area contributed by atoms with Gasteiger partial charge in [-0.3, -0.25) is 4.79 Å². The van der Waals surface area contributed by atoms with Gasteiger partial charge >= 0.3 is 0 Å². The van der Waals surface area contributed by atoms with Gasteiger partial charge in [0, 0.05) is 18.6 Å². The molecule has 0 radical (unpaired) electrons. The van der Waals surface area contributed by atoms with Crippen LogP contribution in [-0.2, 0) is 9.53 Å². The third-order valence-electron chi connectivity index (χ3n) is 3.52. The molecule has 2 unspecified atom stereocenters. The standard InChI is InChI=1S/C15H30N2O2/c1-6-7-16-14-10-19-9-13(14)15(18)17(12(4)5)8-11(2)3/h11-14,16H,6-10H2,1-5H3. The first-order chi connectivity index (χ1) is 8.97. The van der Waals surface area contributed by atoms with Crippen LogP contribution in [0.25, 0.3) is 0 Å². The van der Waals surface area contributed by atoms with Crippen LogP contribution in [0.15, 0.2) is 0 Å². The molecule has 0 saturated carbocycles. The summed E-state index contributed by atoms with van der Waals surface area (Å²) in [6, 6.07) is 0.434. The van der Waals surface area contributed by atoms with Gasteiger partial charge in [-0.1, -0.05) is 20.8 Å². The molecule has 4 heteroatoms. The second-order valence-electron chi connectivity index (χ2n) is 6.18. The Kier molecular flexibility index (Phi) is 6.80. The molecular weight excluding hydrogens is 240 g/mol. The van der Waals surface area contributed by atoms with Gasteiger partial charge in [-0.2, -0.15) is 0 Å². The van der Waals surface area contributed by atoms with Gasteiger partial charge in [0.2, 0.25) is 5.91 Å². The van der Waals surface area contributed by atoms with Gasteiger partial charge in [-0.15, -0.1) is 0 Å². The van der Waals surface area contributed by atoms with Crippen LogP contribution in [0.2, 0.25) is 0 Å². The summed E-state index contributed by atoms with van der Waals surface area (Å²) in [5.74, 6) is 0.721. The zero-order valence-electron chi connectivity index (χ0n) is 13.1. The normalized spacial score (nSPS) is 23.3. The Morgan fingerprint density at radius 2 is 2.00 bits per heavy atom. The highest BCUT2D eigenvalue weighted by atomic mass is 16.5.